The van der Waals surface area contributed by atoms with Crippen LogP contribution in [0.25, 0.3) is 0 Å². The molecule has 0 unspecified atom stereocenters. The van der Waals surface area contributed by atoms with Crippen LogP contribution in [0.5, 0.6) is 0 Å². The van der Waals surface area contributed by atoms with Gasteiger partial charge in [0.1, 0.15) is 0 Å². The third-order valence-corrected chi connectivity index (χ3v) is 3.68. The first kappa shape index (κ1) is 11.4. The smallest absolute Gasteiger partial charge is 0.0887 e. The van der Waals surface area contributed by atoms with Crippen LogP contribution in [0.4, 0.5) is 0 Å². The first-order valence-electron chi connectivity index (χ1n) is 5.05. The van der Waals surface area contributed by atoms with Crippen molar-refractivity contribution in [3.8, 4) is 0 Å². The van der Waals surface area contributed by atoms with Crippen molar-refractivity contribution in [2.75, 3.05) is 6.61 Å². The quantitative estimate of drug-likeness (QED) is 0.549. The van der Waals surface area contributed by atoms with Crippen molar-refractivity contribution in [2.45, 2.75) is 32.3 Å². The van der Waals surface area contributed by atoms with Crippen LogP contribution >= 0.6 is 0 Å². The minimum absolute atomic E-state index is 0.644. The van der Waals surface area contributed by atoms with Crippen molar-refractivity contribution in [3.05, 3.63) is 30.1 Å². The van der Waals surface area contributed by atoms with Crippen LogP contribution in [-0.4, -0.2) is 19.7 Å². The van der Waals surface area contributed by atoms with E-state index >= 15 is 0 Å². The number of hydrogen-bond acceptors (Lipinski definition) is 2. The minimum atomic E-state index is -0.941. The Morgan fingerprint density at radius 2 is 2.07 bits per heavy atom. The summed E-state index contributed by atoms with van der Waals surface area (Å²) in [6, 6.07) is 7.13. The van der Waals surface area contributed by atoms with Gasteiger partial charge in [-0.2, -0.15) is 0 Å². The van der Waals surface area contributed by atoms with Crippen LogP contribution in [0, 0.1) is 0 Å². The molecule has 1 aromatic heterocycles. The van der Waals surface area contributed by atoms with E-state index in [1.807, 2.05) is 18.2 Å². The van der Waals surface area contributed by atoms with Gasteiger partial charge >= 0.3 is 0 Å². The second-order valence-corrected chi connectivity index (χ2v) is 10.3. The minimum Gasteiger partial charge on any atom is -0.375 e. The number of aromatic nitrogens is 1. The molecule has 0 aliphatic carbocycles. The third kappa shape index (κ3) is 5.14. The molecule has 0 bridgehead atoms. The second-order valence-electron chi connectivity index (χ2n) is 4.68. The topological polar surface area (TPSA) is 22.1 Å². The van der Waals surface area contributed by atoms with E-state index in [2.05, 4.69) is 24.6 Å². The highest BCUT2D eigenvalue weighted by Crippen LogP contribution is 2.08. The van der Waals surface area contributed by atoms with Gasteiger partial charge in [0, 0.05) is 20.9 Å². The van der Waals surface area contributed by atoms with Crippen molar-refractivity contribution < 1.29 is 4.74 Å². The maximum atomic E-state index is 5.57. The summed E-state index contributed by atoms with van der Waals surface area (Å²) in [6.45, 7) is 8.59. The summed E-state index contributed by atoms with van der Waals surface area (Å²) in [4.78, 5) is 4.20. The maximum Gasteiger partial charge on any atom is 0.0887 e. The lowest BCUT2D eigenvalue weighted by Crippen LogP contribution is -2.21. The van der Waals surface area contributed by atoms with Crippen molar-refractivity contribution >= 4 is 8.07 Å². The average molecular weight is 209 g/mol. The molecule has 1 heterocycles. The van der Waals surface area contributed by atoms with Gasteiger partial charge in [-0.15, -0.1) is 0 Å². The maximum absolute atomic E-state index is 5.57. The normalized spacial score (nSPS) is 11.6. The molecule has 14 heavy (non-hydrogen) atoms. The highest BCUT2D eigenvalue weighted by Gasteiger charge is 2.11. The number of hydrogen-bond donors (Lipinski definition) is 0. The van der Waals surface area contributed by atoms with Crippen LogP contribution in [0.3, 0.4) is 0 Å². The van der Waals surface area contributed by atoms with Gasteiger partial charge in [-0.3, -0.25) is 4.98 Å². The molecule has 0 aliphatic heterocycles. The van der Waals surface area contributed by atoms with Gasteiger partial charge < -0.3 is 4.74 Å². The van der Waals surface area contributed by atoms with E-state index in [0.29, 0.717) is 6.61 Å². The largest absolute Gasteiger partial charge is 0.375 e. The zero-order valence-corrected chi connectivity index (χ0v) is 10.3. The van der Waals surface area contributed by atoms with Crippen molar-refractivity contribution in [1.29, 1.82) is 0 Å². The van der Waals surface area contributed by atoms with Gasteiger partial charge in [-0.05, 0) is 18.2 Å². The van der Waals surface area contributed by atoms with Crippen molar-refractivity contribution in [3.63, 3.8) is 0 Å². The number of nitrogens with zero attached hydrogens (tertiary/aromatic N) is 1. The molecule has 0 saturated heterocycles. The van der Waals surface area contributed by atoms with Gasteiger partial charge in [0.2, 0.25) is 0 Å². The molecule has 78 valence electrons. The summed E-state index contributed by atoms with van der Waals surface area (Å²) >= 11 is 0. The van der Waals surface area contributed by atoms with E-state index in [1.54, 1.807) is 6.20 Å². The van der Waals surface area contributed by atoms with Gasteiger partial charge in [0.15, 0.2) is 0 Å². The highest BCUT2D eigenvalue weighted by molar-refractivity contribution is 6.76. The van der Waals surface area contributed by atoms with E-state index < -0.39 is 8.07 Å². The zero-order chi connectivity index (χ0) is 10.4. The van der Waals surface area contributed by atoms with E-state index in [1.165, 1.54) is 6.04 Å². The Labute approximate surface area is 87.3 Å². The third-order valence-electron chi connectivity index (χ3n) is 1.97. The van der Waals surface area contributed by atoms with Gasteiger partial charge in [-0.1, -0.05) is 25.7 Å². The lowest BCUT2D eigenvalue weighted by Gasteiger charge is -2.15. The Balaban J connectivity index is 2.17. The van der Waals surface area contributed by atoms with Crippen LogP contribution in [-0.2, 0) is 11.3 Å². The predicted molar refractivity (Wildman–Crippen MR) is 62.0 cm³/mol. The molecule has 2 nitrogen and oxygen atoms in total. The lowest BCUT2D eigenvalue weighted by atomic mass is 10.4. The van der Waals surface area contributed by atoms with Crippen LogP contribution < -0.4 is 0 Å². The Morgan fingerprint density at radius 1 is 1.29 bits per heavy atom. The Hall–Kier alpha value is -0.673. The zero-order valence-electron chi connectivity index (χ0n) is 9.29. The molecule has 0 spiro atoms. The molecule has 1 rings (SSSR count). The van der Waals surface area contributed by atoms with Crippen LogP contribution in [0.15, 0.2) is 24.4 Å². The van der Waals surface area contributed by atoms with E-state index in [-0.39, 0.29) is 0 Å². The highest BCUT2D eigenvalue weighted by atomic mass is 28.3. The first-order valence-corrected chi connectivity index (χ1v) is 8.76. The molecule has 0 radical (unpaired) electrons. The van der Waals surface area contributed by atoms with Crippen molar-refractivity contribution in [2.24, 2.45) is 0 Å². The summed E-state index contributed by atoms with van der Waals surface area (Å²) in [5.74, 6) is 0. The molecular formula is C11H19NOSi. The lowest BCUT2D eigenvalue weighted by molar-refractivity contribution is 0.130. The van der Waals surface area contributed by atoms with E-state index in [4.69, 9.17) is 4.74 Å². The molecule has 0 atom stereocenters. The summed E-state index contributed by atoms with van der Waals surface area (Å²) in [6.07, 6.45) is 1.80. The predicted octanol–water partition coefficient (Wildman–Crippen LogP) is 2.94. The van der Waals surface area contributed by atoms with Crippen molar-refractivity contribution in [1.82, 2.24) is 4.98 Å². The fraction of sp³-hybridized carbons (Fsp3) is 0.545. The van der Waals surface area contributed by atoms with E-state index in [9.17, 15) is 0 Å². The SMILES string of the molecule is C[Si](C)(C)CCOCc1ccccn1. The number of pyridine rings is 1. The second kappa shape index (κ2) is 5.27. The molecule has 0 saturated carbocycles. The standard InChI is InChI=1S/C11H19NOSi/c1-14(2,3)9-8-13-10-11-6-4-5-7-12-11/h4-7H,8-10H2,1-3H3. The fourth-order valence-corrected chi connectivity index (χ4v) is 1.80. The fourth-order valence-electron chi connectivity index (χ4n) is 1.04. The van der Waals surface area contributed by atoms with Gasteiger partial charge in [0.25, 0.3) is 0 Å². The molecule has 0 N–H and O–H groups in total. The van der Waals surface area contributed by atoms with Gasteiger partial charge in [0.05, 0.1) is 12.3 Å². The van der Waals surface area contributed by atoms with Crippen LogP contribution in [0.1, 0.15) is 5.69 Å². The molecule has 3 heteroatoms. The summed E-state index contributed by atoms with van der Waals surface area (Å²) in [5, 5.41) is 0. The average Bonchev–Trinajstić information content (AvgIpc) is 2.13. The summed E-state index contributed by atoms with van der Waals surface area (Å²) in [7, 11) is -0.941. The summed E-state index contributed by atoms with van der Waals surface area (Å²) in [5.41, 5.74) is 1.02. The molecule has 0 amide bonds. The first-order chi connectivity index (χ1) is 6.58. The molecule has 0 aromatic carbocycles. The number of ether oxygens (including phenoxy) is 1. The van der Waals surface area contributed by atoms with Crippen LogP contribution in [0.2, 0.25) is 25.7 Å². The Morgan fingerprint density at radius 3 is 2.64 bits per heavy atom. The Kier molecular flexibility index (Phi) is 4.29. The van der Waals surface area contributed by atoms with Gasteiger partial charge in [-0.25, -0.2) is 0 Å². The monoisotopic (exact) mass is 209 g/mol. The van der Waals surface area contributed by atoms with E-state index in [0.717, 1.165) is 12.3 Å². The summed E-state index contributed by atoms with van der Waals surface area (Å²) < 4.78 is 5.57. The molecule has 1 aromatic rings. The molecule has 0 aliphatic rings. The molecular weight excluding hydrogens is 190 g/mol. The Bertz CT molecular complexity index is 256. The molecule has 0 fully saturated rings. The number of rotatable bonds is 5.